The van der Waals surface area contributed by atoms with E-state index in [4.69, 9.17) is 8.39 Å². The molecule has 2 amide bonds. The quantitative estimate of drug-likeness (QED) is 0.196. The third-order valence-electron chi connectivity index (χ3n) is 8.04. The molecule has 3 N–H and O–H groups in total. The van der Waals surface area contributed by atoms with Crippen molar-refractivity contribution in [2.75, 3.05) is 5.09 Å². The summed E-state index contributed by atoms with van der Waals surface area (Å²) in [6.07, 6.45) is 4.00. The molecule has 0 unspecified atom stereocenters. The number of carbonyl (C=O) groups is 1. The minimum Gasteiger partial charge on any atom is -0.408 e. The van der Waals surface area contributed by atoms with Crippen LogP contribution < -0.4 is 15.7 Å². The monoisotopic (exact) mass is 561 g/mol. The molecule has 1 fully saturated rings. The fourth-order valence-electron chi connectivity index (χ4n) is 6.01. The van der Waals surface area contributed by atoms with E-state index < -0.39 is 8.16 Å². The summed E-state index contributed by atoms with van der Waals surface area (Å²) in [6.45, 7) is 0.492. The minimum atomic E-state index is -1.52. The van der Waals surface area contributed by atoms with Crippen LogP contribution in [0.5, 0.6) is 0 Å². The maximum atomic E-state index is 12.8. The second-order valence-electron chi connectivity index (χ2n) is 10.7. The van der Waals surface area contributed by atoms with Gasteiger partial charge in [0, 0.05) is 29.4 Å². The Labute approximate surface area is 239 Å². The van der Waals surface area contributed by atoms with Crippen LogP contribution in [-0.4, -0.2) is 18.1 Å². The van der Waals surface area contributed by atoms with Gasteiger partial charge in [-0.25, -0.2) is 9.88 Å². The predicted molar refractivity (Wildman–Crippen MR) is 169 cm³/mol. The highest BCUT2D eigenvalue weighted by Gasteiger charge is 2.28. The Morgan fingerprint density at radius 3 is 1.88 bits per heavy atom. The van der Waals surface area contributed by atoms with E-state index in [1.54, 1.807) is 0 Å². The van der Waals surface area contributed by atoms with Gasteiger partial charge in [-0.3, -0.25) is 0 Å². The molecular formula is C34H32N3O3P. The number of urea groups is 1. The maximum absolute atomic E-state index is 12.8. The van der Waals surface area contributed by atoms with Crippen molar-refractivity contribution in [1.29, 1.82) is 0 Å². The predicted octanol–water partition coefficient (Wildman–Crippen LogP) is 8.95. The van der Waals surface area contributed by atoms with E-state index in [2.05, 4.69) is 88.5 Å². The maximum Gasteiger partial charge on any atom is 0.315 e. The lowest BCUT2D eigenvalue weighted by Gasteiger charge is -2.31. The number of amides is 2. The molecule has 0 saturated heterocycles. The second kappa shape index (κ2) is 11.3. The molecule has 1 aliphatic carbocycles. The summed E-state index contributed by atoms with van der Waals surface area (Å²) in [5.74, 6) is 0. The van der Waals surface area contributed by atoms with Crippen molar-refractivity contribution in [2.45, 2.75) is 44.3 Å². The van der Waals surface area contributed by atoms with Crippen LogP contribution in [0.3, 0.4) is 0 Å². The molecule has 6 aromatic rings. The number of carbonyl (C=O) groups excluding carboxylic acids is 1. The van der Waals surface area contributed by atoms with Crippen molar-refractivity contribution in [3.63, 3.8) is 0 Å². The first-order valence-electron chi connectivity index (χ1n) is 14.3. The summed E-state index contributed by atoms with van der Waals surface area (Å²) in [5.41, 5.74) is 2.68. The largest absolute Gasteiger partial charge is 0.408 e. The number of benzene rings is 5. The molecule has 0 bridgehead atoms. The first-order valence-corrected chi connectivity index (χ1v) is 15.4. The van der Waals surface area contributed by atoms with Crippen LogP contribution in [-0.2, 0) is 6.54 Å². The minimum absolute atomic E-state index is 0.0235. The van der Waals surface area contributed by atoms with Crippen molar-refractivity contribution in [1.82, 2.24) is 10.6 Å². The van der Waals surface area contributed by atoms with Gasteiger partial charge in [0.2, 0.25) is 0 Å². The van der Waals surface area contributed by atoms with Gasteiger partial charge in [0.15, 0.2) is 0 Å². The van der Waals surface area contributed by atoms with Gasteiger partial charge in [-0.15, -0.1) is 0 Å². The SMILES string of the molecule is O=C(NCc1ccccc1)N[C@@H]1CCCC[C@H]1Np1oc2ccc3ccccc3c2c2c(ccc3ccccc32)o1. The summed E-state index contributed by atoms with van der Waals surface area (Å²) in [6, 6.07) is 35.0. The highest BCUT2D eigenvalue weighted by atomic mass is 31.1. The molecule has 41 heavy (non-hydrogen) atoms. The lowest BCUT2D eigenvalue weighted by molar-refractivity contribution is 0.230. The van der Waals surface area contributed by atoms with Gasteiger partial charge in [-0.2, -0.15) is 0 Å². The second-order valence-corrected chi connectivity index (χ2v) is 11.8. The van der Waals surface area contributed by atoms with Gasteiger partial charge in [0.25, 0.3) is 0 Å². The van der Waals surface area contributed by atoms with Crippen molar-refractivity contribution in [3.8, 4) is 0 Å². The third-order valence-corrected chi connectivity index (χ3v) is 9.31. The Bertz CT molecular complexity index is 1810. The Morgan fingerprint density at radius 2 is 1.24 bits per heavy atom. The lowest BCUT2D eigenvalue weighted by Crippen LogP contribution is -2.51. The molecular weight excluding hydrogens is 529 g/mol. The smallest absolute Gasteiger partial charge is 0.315 e. The molecule has 1 aliphatic rings. The summed E-state index contributed by atoms with van der Waals surface area (Å²) < 4.78 is 13.3. The molecule has 0 aliphatic heterocycles. The number of hydrogen-bond donors (Lipinski definition) is 3. The first-order chi connectivity index (χ1) is 20.2. The number of fused-ring (bicyclic) bond motifs is 7. The topological polar surface area (TPSA) is 79.4 Å². The zero-order valence-corrected chi connectivity index (χ0v) is 23.6. The summed E-state index contributed by atoms with van der Waals surface area (Å²) in [7, 11) is -1.52. The van der Waals surface area contributed by atoms with E-state index >= 15 is 0 Å². The van der Waals surface area contributed by atoms with Gasteiger partial charge in [-0.05, 0) is 52.1 Å². The van der Waals surface area contributed by atoms with Gasteiger partial charge < -0.3 is 19.0 Å². The highest BCUT2D eigenvalue weighted by molar-refractivity contribution is 7.38. The van der Waals surface area contributed by atoms with Crippen molar-refractivity contribution in [3.05, 3.63) is 109 Å². The van der Waals surface area contributed by atoms with Crippen molar-refractivity contribution < 1.29 is 13.2 Å². The van der Waals surface area contributed by atoms with E-state index in [0.717, 1.165) is 74.7 Å². The van der Waals surface area contributed by atoms with Gasteiger partial charge in [-0.1, -0.05) is 104 Å². The average Bonchev–Trinajstić information content (AvgIpc) is 3.18. The van der Waals surface area contributed by atoms with Crippen LogP contribution in [0.1, 0.15) is 31.2 Å². The molecule has 6 nitrogen and oxygen atoms in total. The fourth-order valence-corrected chi connectivity index (χ4v) is 7.40. The van der Waals surface area contributed by atoms with E-state index in [1.165, 1.54) is 0 Å². The third kappa shape index (κ3) is 5.29. The Hall–Kier alpha value is -4.25. The Balaban J connectivity index is 1.26. The Kier molecular flexibility index (Phi) is 7.10. The van der Waals surface area contributed by atoms with Gasteiger partial charge >= 0.3 is 14.2 Å². The van der Waals surface area contributed by atoms with Crippen molar-refractivity contribution >= 4 is 57.7 Å². The van der Waals surface area contributed by atoms with Crippen LogP contribution in [0.4, 0.5) is 4.79 Å². The normalized spacial score (nSPS) is 17.2. The summed E-state index contributed by atoms with van der Waals surface area (Å²) >= 11 is 0. The fraction of sp³-hybridized carbons (Fsp3) is 0.206. The van der Waals surface area contributed by atoms with E-state index in [1.807, 2.05) is 30.3 Å². The van der Waals surface area contributed by atoms with E-state index in [9.17, 15) is 4.79 Å². The van der Waals surface area contributed by atoms with Crippen molar-refractivity contribution in [2.24, 2.45) is 0 Å². The summed E-state index contributed by atoms with van der Waals surface area (Å²) in [5, 5.41) is 16.6. The van der Waals surface area contributed by atoms with Gasteiger partial charge in [0.05, 0.1) is 0 Å². The molecule has 1 saturated carbocycles. The Morgan fingerprint density at radius 1 is 0.683 bits per heavy atom. The molecule has 5 aromatic carbocycles. The molecule has 206 valence electrons. The van der Waals surface area contributed by atoms with Gasteiger partial charge in [0.1, 0.15) is 11.2 Å². The standard InChI is InChI=1S/C34H32N3O3P/c38-34(35-22-23-10-2-1-3-11-23)36-28-16-8-9-17-29(28)37-41-39-30-20-18-24-12-4-6-14-26(24)32(30)33-27-15-7-5-13-25(27)19-21-31(33)40-41/h1-7,10-15,18-21,28-29,37H,8-9,16-17,22H2,(H2,35,36,38)/t28-,29-/m1/s1. The number of rotatable bonds is 5. The molecule has 0 spiro atoms. The zero-order chi connectivity index (χ0) is 27.6. The first kappa shape index (κ1) is 25.7. The summed E-state index contributed by atoms with van der Waals surface area (Å²) in [4.78, 5) is 12.8. The highest BCUT2D eigenvalue weighted by Crippen LogP contribution is 2.41. The molecule has 7 rings (SSSR count). The van der Waals surface area contributed by atoms with E-state index in [0.29, 0.717) is 6.54 Å². The molecule has 0 radical (unpaired) electrons. The molecule has 1 heterocycles. The molecule has 7 heteroatoms. The van der Waals surface area contributed by atoms with Crippen LogP contribution in [0.25, 0.3) is 43.5 Å². The lowest BCUT2D eigenvalue weighted by atomic mass is 9.91. The molecule has 1 aromatic heterocycles. The molecule has 2 atom stereocenters. The number of hydrogen-bond acceptors (Lipinski definition) is 4. The zero-order valence-electron chi connectivity index (χ0n) is 22.7. The van der Waals surface area contributed by atoms with Crippen LogP contribution >= 0.6 is 8.16 Å². The van der Waals surface area contributed by atoms with Crippen LogP contribution in [0, 0.1) is 0 Å². The van der Waals surface area contributed by atoms with Crippen LogP contribution in [0.15, 0.2) is 112 Å². The van der Waals surface area contributed by atoms with E-state index in [-0.39, 0.29) is 18.1 Å². The van der Waals surface area contributed by atoms with Crippen LogP contribution in [0.2, 0.25) is 0 Å². The average molecular weight is 562 g/mol. The number of nitrogens with one attached hydrogen (secondary N) is 3.